The number of benzene rings is 3. The van der Waals surface area contributed by atoms with Crippen molar-refractivity contribution in [1.29, 1.82) is 0 Å². The van der Waals surface area contributed by atoms with Crippen LogP contribution in [0.15, 0.2) is 101 Å². The van der Waals surface area contributed by atoms with Gasteiger partial charge in [0.15, 0.2) is 11.0 Å². The third kappa shape index (κ3) is 6.81. The van der Waals surface area contributed by atoms with Crippen molar-refractivity contribution in [2.45, 2.75) is 31.1 Å². The van der Waals surface area contributed by atoms with Gasteiger partial charge in [0.2, 0.25) is 0 Å². The summed E-state index contributed by atoms with van der Waals surface area (Å²) >= 11 is 2.80. The van der Waals surface area contributed by atoms with Crippen molar-refractivity contribution < 1.29 is 18.7 Å². The minimum atomic E-state index is -0.388. The molecule has 2 amide bonds. The maximum Gasteiger partial charge on any atom is 0.253 e. The summed E-state index contributed by atoms with van der Waals surface area (Å²) in [6.45, 7) is 2.08. The molecule has 5 aromatic rings. The van der Waals surface area contributed by atoms with Crippen LogP contribution in [-0.2, 0) is 11.3 Å². The zero-order chi connectivity index (χ0) is 31.3. The number of hydrazone groups is 1. The molecule has 12 heteroatoms. The Bertz CT molecular complexity index is 1820. The van der Waals surface area contributed by atoms with Gasteiger partial charge < -0.3 is 10.1 Å². The number of amides is 2. The number of thioether (sulfide) groups is 1. The lowest BCUT2D eigenvalue weighted by atomic mass is 10.00. The van der Waals surface area contributed by atoms with Crippen LogP contribution in [0.5, 0.6) is 5.75 Å². The monoisotopic (exact) mass is 640 g/mol. The highest BCUT2D eigenvalue weighted by Crippen LogP contribution is 2.35. The molecular formula is C33H29FN6O3S2. The number of hydrogen-bond acceptors (Lipinski definition) is 8. The second-order valence-corrected chi connectivity index (χ2v) is 12.2. The predicted molar refractivity (Wildman–Crippen MR) is 172 cm³/mol. The van der Waals surface area contributed by atoms with Gasteiger partial charge >= 0.3 is 0 Å². The number of rotatable bonds is 10. The number of ether oxygens (including phenoxy) is 1. The molecule has 2 aromatic heterocycles. The summed E-state index contributed by atoms with van der Waals surface area (Å²) in [5, 5.41) is 20.3. The van der Waals surface area contributed by atoms with Gasteiger partial charge in [0.25, 0.3) is 11.8 Å². The van der Waals surface area contributed by atoms with Gasteiger partial charge in [-0.2, -0.15) is 5.10 Å². The first kappa shape index (κ1) is 30.2. The van der Waals surface area contributed by atoms with Gasteiger partial charge in [-0.1, -0.05) is 47.7 Å². The molecule has 0 radical (unpaired) electrons. The Morgan fingerprint density at radius 2 is 1.78 bits per heavy atom. The number of carbonyl (C=O) groups excluding carboxylic acids is 2. The van der Waals surface area contributed by atoms with Gasteiger partial charge in [0.05, 0.1) is 36.0 Å². The second-order valence-electron chi connectivity index (χ2n) is 10.3. The summed E-state index contributed by atoms with van der Waals surface area (Å²) in [7, 11) is 1.56. The second kappa shape index (κ2) is 13.4. The van der Waals surface area contributed by atoms with Crippen molar-refractivity contribution in [2.24, 2.45) is 5.10 Å². The van der Waals surface area contributed by atoms with Crippen molar-refractivity contribution in [1.82, 2.24) is 25.1 Å². The Balaban J connectivity index is 1.22. The van der Waals surface area contributed by atoms with Crippen LogP contribution in [0.3, 0.4) is 0 Å². The van der Waals surface area contributed by atoms with E-state index in [2.05, 4.69) is 15.5 Å². The van der Waals surface area contributed by atoms with Crippen molar-refractivity contribution in [2.75, 3.05) is 12.9 Å². The molecule has 1 aliphatic heterocycles. The molecule has 0 saturated carbocycles. The quantitative estimate of drug-likeness (QED) is 0.183. The molecular weight excluding hydrogens is 612 g/mol. The van der Waals surface area contributed by atoms with Crippen molar-refractivity contribution >= 4 is 40.6 Å². The maximum absolute atomic E-state index is 13.8. The molecule has 0 spiro atoms. The van der Waals surface area contributed by atoms with Crippen LogP contribution in [0.2, 0.25) is 0 Å². The molecule has 1 N–H and O–H groups in total. The number of methoxy groups -OCH3 is 1. The fraction of sp³-hybridized carbons (Fsp3) is 0.182. The highest BCUT2D eigenvalue weighted by atomic mass is 32.2. The van der Waals surface area contributed by atoms with E-state index >= 15 is 0 Å². The normalized spacial score (nSPS) is 14.3. The largest absolute Gasteiger partial charge is 0.497 e. The molecule has 0 fully saturated rings. The summed E-state index contributed by atoms with van der Waals surface area (Å²) in [5.74, 6) is 0.246. The summed E-state index contributed by atoms with van der Waals surface area (Å²) in [4.78, 5) is 27.6. The molecule has 1 atom stereocenters. The van der Waals surface area contributed by atoms with Gasteiger partial charge in [-0.15, -0.1) is 21.5 Å². The summed E-state index contributed by atoms with van der Waals surface area (Å²) < 4.78 is 20.7. The van der Waals surface area contributed by atoms with E-state index < -0.39 is 0 Å². The fourth-order valence-electron chi connectivity index (χ4n) is 4.93. The van der Waals surface area contributed by atoms with Crippen LogP contribution >= 0.6 is 23.1 Å². The smallest absolute Gasteiger partial charge is 0.253 e. The van der Waals surface area contributed by atoms with E-state index in [1.807, 2.05) is 48.7 Å². The van der Waals surface area contributed by atoms with E-state index in [0.29, 0.717) is 34.4 Å². The van der Waals surface area contributed by atoms with Crippen molar-refractivity contribution in [3.8, 4) is 11.4 Å². The first-order chi connectivity index (χ1) is 21.9. The standard InChI is InChI=1S/C33H29FN6O3S2/c1-21-5-7-22(8-6-21)28-18-27(29-4-3-17-44-29)38-40(28)31(41)20-45-33-37-36-30(39(33)25-13-11-24(34)12-14-25)19-35-32(42)23-9-15-26(43-2)16-10-23/h3-17,28H,18-20H2,1-2H3,(H,35,42). The van der Waals surface area contributed by atoms with Gasteiger partial charge in [0, 0.05) is 17.7 Å². The first-order valence-corrected chi connectivity index (χ1v) is 16.0. The van der Waals surface area contributed by atoms with Crippen LogP contribution in [0.25, 0.3) is 5.69 Å². The van der Waals surface area contributed by atoms with E-state index in [1.165, 1.54) is 23.9 Å². The molecule has 9 nitrogen and oxygen atoms in total. The predicted octanol–water partition coefficient (Wildman–Crippen LogP) is 6.18. The van der Waals surface area contributed by atoms with Crippen molar-refractivity contribution in [3.05, 3.63) is 124 Å². The van der Waals surface area contributed by atoms with Crippen LogP contribution in [0.4, 0.5) is 4.39 Å². The lowest BCUT2D eigenvalue weighted by Gasteiger charge is -2.22. The van der Waals surface area contributed by atoms with Gasteiger partial charge in [-0.05, 0) is 72.5 Å². The summed E-state index contributed by atoms with van der Waals surface area (Å²) in [6, 6.07) is 24.5. The van der Waals surface area contributed by atoms with E-state index in [-0.39, 0.29) is 36.0 Å². The van der Waals surface area contributed by atoms with Crippen LogP contribution in [0.1, 0.15) is 44.6 Å². The number of nitrogens with zero attached hydrogens (tertiary/aromatic N) is 5. The van der Waals surface area contributed by atoms with Gasteiger partial charge in [-0.3, -0.25) is 14.2 Å². The number of carbonyl (C=O) groups is 2. The molecule has 1 aliphatic rings. The molecule has 6 rings (SSSR count). The molecule has 0 bridgehead atoms. The van der Waals surface area contributed by atoms with E-state index in [9.17, 15) is 14.0 Å². The minimum Gasteiger partial charge on any atom is -0.497 e. The number of aryl methyl sites for hydroxylation is 1. The number of thiophene rings is 1. The topological polar surface area (TPSA) is 102 Å². The summed E-state index contributed by atoms with van der Waals surface area (Å²) in [5.41, 5.74) is 4.08. The van der Waals surface area contributed by atoms with Crippen LogP contribution in [0, 0.1) is 12.7 Å². The Hall–Kier alpha value is -4.81. The maximum atomic E-state index is 13.8. The minimum absolute atomic E-state index is 0.0428. The van der Waals surface area contributed by atoms with E-state index in [4.69, 9.17) is 9.84 Å². The lowest BCUT2D eigenvalue weighted by molar-refractivity contribution is -0.130. The van der Waals surface area contributed by atoms with Crippen LogP contribution < -0.4 is 10.1 Å². The number of aromatic nitrogens is 3. The van der Waals surface area contributed by atoms with Gasteiger partial charge in [0.1, 0.15) is 11.6 Å². The molecule has 3 heterocycles. The molecule has 228 valence electrons. The molecule has 3 aromatic carbocycles. The highest BCUT2D eigenvalue weighted by Gasteiger charge is 2.33. The number of halogens is 1. The zero-order valence-corrected chi connectivity index (χ0v) is 26.1. The van der Waals surface area contributed by atoms with Gasteiger partial charge in [-0.25, -0.2) is 9.40 Å². The number of hydrogen-bond donors (Lipinski definition) is 1. The van der Waals surface area contributed by atoms with E-state index in [1.54, 1.807) is 64.4 Å². The Morgan fingerprint density at radius 1 is 1.02 bits per heavy atom. The third-order valence-electron chi connectivity index (χ3n) is 7.30. The fourth-order valence-corrected chi connectivity index (χ4v) is 6.48. The Labute approximate surface area is 267 Å². The van der Waals surface area contributed by atoms with E-state index in [0.717, 1.165) is 21.7 Å². The molecule has 1 unspecified atom stereocenters. The highest BCUT2D eigenvalue weighted by molar-refractivity contribution is 7.99. The summed E-state index contributed by atoms with van der Waals surface area (Å²) in [6.07, 6.45) is 0.615. The molecule has 0 saturated heterocycles. The average molecular weight is 641 g/mol. The van der Waals surface area contributed by atoms with Crippen LogP contribution in [-0.4, -0.2) is 50.2 Å². The zero-order valence-electron chi connectivity index (χ0n) is 24.5. The van der Waals surface area contributed by atoms with Crippen molar-refractivity contribution in [3.63, 3.8) is 0 Å². The lowest BCUT2D eigenvalue weighted by Crippen LogP contribution is -2.28. The SMILES string of the molecule is COc1ccc(C(=O)NCc2nnc(SCC(=O)N3N=C(c4cccs4)CC3c3ccc(C)cc3)n2-c2ccc(F)cc2)cc1. The Morgan fingerprint density at radius 3 is 2.47 bits per heavy atom. The Kier molecular flexibility index (Phi) is 9.03. The first-order valence-electron chi connectivity index (χ1n) is 14.1. The molecule has 45 heavy (non-hydrogen) atoms. The number of nitrogens with one attached hydrogen (secondary N) is 1. The molecule has 0 aliphatic carbocycles. The third-order valence-corrected chi connectivity index (χ3v) is 9.14. The average Bonchev–Trinajstić information content (AvgIpc) is 3.84.